The second-order valence-corrected chi connectivity index (χ2v) is 15.7. The van der Waals surface area contributed by atoms with Crippen LogP contribution in [-0.4, -0.2) is 78.0 Å². The molecule has 8 bridgehead atoms. The lowest BCUT2D eigenvalue weighted by Crippen LogP contribution is -2.44. The van der Waals surface area contributed by atoms with E-state index in [1.165, 1.54) is 21.6 Å². The maximum Gasteiger partial charge on any atom is 0.278 e. The first-order valence-corrected chi connectivity index (χ1v) is 18.4. The summed E-state index contributed by atoms with van der Waals surface area (Å²) < 4.78 is 104. The van der Waals surface area contributed by atoms with Gasteiger partial charge < -0.3 is 10.2 Å². The van der Waals surface area contributed by atoms with Crippen LogP contribution in [0.15, 0.2) is 29.1 Å². The van der Waals surface area contributed by atoms with Gasteiger partial charge in [-0.05, 0) is 58.7 Å². The predicted octanol–water partition coefficient (Wildman–Crippen LogP) is 5.66. The molecular formula is C33H41F5N6O3S. The summed E-state index contributed by atoms with van der Waals surface area (Å²) in [6.45, 7) is 3.25. The zero-order chi connectivity index (χ0) is 34.4. The number of aromatic nitrogens is 3. The van der Waals surface area contributed by atoms with Crippen molar-refractivity contribution >= 4 is 32.4 Å². The van der Waals surface area contributed by atoms with Crippen molar-refractivity contribution < 1.29 is 30.4 Å². The highest BCUT2D eigenvalue weighted by Crippen LogP contribution is 2.44. The number of halogens is 5. The quantitative estimate of drug-likeness (QED) is 0.326. The highest BCUT2D eigenvalue weighted by Gasteiger charge is 2.46. The van der Waals surface area contributed by atoms with Gasteiger partial charge in [0.05, 0.1) is 35.0 Å². The molecule has 1 aromatic carbocycles. The number of alkyl halides is 4. The lowest BCUT2D eigenvalue weighted by atomic mass is 9.85. The Kier molecular flexibility index (Phi) is 9.48. The van der Waals surface area contributed by atoms with Crippen LogP contribution in [0.1, 0.15) is 68.4 Å². The van der Waals surface area contributed by atoms with Crippen molar-refractivity contribution in [1.29, 1.82) is 0 Å². The first-order chi connectivity index (χ1) is 22.6. The lowest BCUT2D eigenvalue weighted by Gasteiger charge is -2.37. The summed E-state index contributed by atoms with van der Waals surface area (Å²) in [5.74, 6) is -8.48. The Bertz CT molecular complexity index is 1830. The van der Waals surface area contributed by atoms with Crippen LogP contribution in [0.2, 0.25) is 0 Å². The van der Waals surface area contributed by atoms with E-state index in [0.717, 1.165) is 6.07 Å². The zero-order valence-corrected chi connectivity index (χ0v) is 27.9. The maximum absolute atomic E-state index is 16.0. The number of hydrogen-bond acceptors (Lipinski definition) is 8. The number of rotatable bonds is 1. The second kappa shape index (κ2) is 13.2. The summed E-state index contributed by atoms with van der Waals surface area (Å²) in [7, 11) is -3.25. The lowest BCUT2D eigenvalue weighted by molar-refractivity contribution is -0.0992. The van der Waals surface area contributed by atoms with Crippen molar-refractivity contribution in [3.05, 3.63) is 57.4 Å². The second-order valence-electron chi connectivity index (χ2n) is 13.4. The number of pyridine rings is 1. The van der Waals surface area contributed by atoms with Crippen molar-refractivity contribution in [3.63, 3.8) is 0 Å². The average Bonchev–Trinajstić information content (AvgIpc) is 3.01. The topological polar surface area (TPSA) is 100 Å². The first-order valence-electron chi connectivity index (χ1n) is 16.6. The summed E-state index contributed by atoms with van der Waals surface area (Å²) in [4.78, 5) is 26.3. The molecule has 1 N–H and O–H groups in total. The van der Waals surface area contributed by atoms with Crippen molar-refractivity contribution in [3.8, 4) is 0 Å². The molecule has 6 heterocycles. The maximum atomic E-state index is 16.0. The monoisotopic (exact) mass is 696 g/mol. The molecule has 48 heavy (non-hydrogen) atoms. The van der Waals surface area contributed by atoms with Gasteiger partial charge in [0.25, 0.3) is 17.4 Å². The van der Waals surface area contributed by atoms with E-state index >= 15 is 22.0 Å². The van der Waals surface area contributed by atoms with Crippen molar-refractivity contribution in [2.45, 2.75) is 76.8 Å². The van der Waals surface area contributed by atoms with E-state index in [-0.39, 0.29) is 92.6 Å². The number of nitrogens with one attached hydrogen (secondary N) is 1. The Morgan fingerprint density at radius 1 is 0.958 bits per heavy atom. The number of piperidine rings is 1. The standard InChI is InChI=1S/C33H41F5N6O3S/c1-21-24-7-6-8-26(28(24)34)33(37,38)23-9-13-42(14-10-23)20-32(35,36)11-4-3-5-12-44-30-25(29(39-21)40-22(2)41-30)19-27(31(44)45)43-15-17-48(46,47)18-16-43/h6-8,19,21,23H,3-5,9-18,20H2,1-2H3,(H,39,40,41)/t21-/m1/s1. The van der Waals surface area contributed by atoms with Crippen molar-refractivity contribution in [2.24, 2.45) is 5.92 Å². The SMILES string of the molecule is Cc1nc2c3cc(N4CCS(=O)(=O)CC4)c(=O)n(c3n1)CCCCCC(F)(F)CN1CCC(CC1)C(F)(F)c1cccc(c1F)[C@@H](C)N2. The Labute approximate surface area is 276 Å². The summed E-state index contributed by atoms with van der Waals surface area (Å²) >= 11 is 0. The van der Waals surface area contributed by atoms with Gasteiger partial charge >= 0.3 is 0 Å². The van der Waals surface area contributed by atoms with Gasteiger partial charge in [0.15, 0.2) is 9.84 Å². The van der Waals surface area contributed by atoms with E-state index in [9.17, 15) is 13.2 Å². The molecule has 7 rings (SSSR count). The molecule has 0 amide bonds. The van der Waals surface area contributed by atoms with Gasteiger partial charge in [0.1, 0.15) is 28.8 Å². The molecule has 0 unspecified atom stereocenters. The third-order valence-corrected chi connectivity index (χ3v) is 11.5. The number of benzene rings is 1. The Morgan fingerprint density at radius 2 is 1.67 bits per heavy atom. The van der Waals surface area contributed by atoms with Gasteiger partial charge in [-0.15, -0.1) is 0 Å². The first kappa shape index (κ1) is 34.5. The molecule has 9 nitrogen and oxygen atoms in total. The molecule has 0 saturated carbocycles. The molecule has 262 valence electrons. The molecule has 2 aromatic heterocycles. The van der Waals surface area contributed by atoms with Gasteiger partial charge in [-0.1, -0.05) is 24.6 Å². The number of fused-ring (bicyclic) bond motifs is 9. The number of anilines is 2. The van der Waals surface area contributed by atoms with E-state index in [0.29, 0.717) is 24.1 Å². The van der Waals surface area contributed by atoms with Crippen LogP contribution in [0, 0.1) is 18.7 Å². The van der Waals surface area contributed by atoms with Gasteiger partial charge in [0.2, 0.25) is 0 Å². The number of aryl methyl sites for hydroxylation is 2. The third-order valence-electron chi connectivity index (χ3n) is 9.91. The van der Waals surface area contributed by atoms with Crippen molar-refractivity contribution in [1.82, 2.24) is 19.4 Å². The Hall–Kier alpha value is -3.33. The molecule has 0 aliphatic carbocycles. The minimum atomic E-state index is -3.52. The van der Waals surface area contributed by atoms with E-state index in [1.807, 2.05) is 0 Å². The van der Waals surface area contributed by atoms with Crippen LogP contribution < -0.4 is 15.8 Å². The molecule has 4 aliphatic heterocycles. The van der Waals surface area contributed by atoms with Gasteiger partial charge in [-0.3, -0.25) is 14.3 Å². The van der Waals surface area contributed by atoms with Crippen LogP contribution >= 0.6 is 0 Å². The Balaban J connectivity index is 1.45. The molecule has 1 atom stereocenters. The summed E-state index contributed by atoms with van der Waals surface area (Å²) in [5.41, 5.74) is -0.621. The summed E-state index contributed by atoms with van der Waals surface area (Å²) in [6.07, 6.45) is 0.564. The van der Waals surface area contributed by atoms with Gasteiger partial charge in [-0.25, -0.2) is 40.3 Å². The highest BCUT2D eigenvalue weighted by molar-refractivity contribution is 7.91. The van der Waals surface area contributed by atoms with Crippen LogP contribution in [-0.2, 0) is 22.3 Å². The average molecular weight is 697 g/mol. The fourth-order valence-corrected chi connectivity index (χ4v) is 8.37. The molecule has 15 heteroatoms. The highest BCUT2D eigenvalue weighted by atomic mass is 32.2. The summed E-state index contributed by atoms with van der Waals surface area (Å²) in [5, 5.41) is 3.58. The van der Waals surface area contributed by atoms with E-state index < -0.39 is 57.1 Å². The van der Waals surface area contributed by atoms with Crippen LogP contribution in [0.5, 0.6) is 0 Å². The molecular weight excluding hydrogens is 655 g/mol. The van der Waals surface area contributed by atoms with Gasteiger partial charge in [-0.2, -0.15) is 0 Å². The molecule has 0 radical (unpaired) electrons. The van der Waals surface area contributed by atoms with Crippen LogP contribution in [0.25, 0.3) is 11.0 Å². The molecule has 3 aromatic rings. The van der Waals surface area contributed by atoms with Gasteiger partial charge in [0, 0.05) is 37.5 Å². The minimum Gasteiger partial charge on any atom is -0.365 e. The van der Waals surface area contributed by atoms with Crippen LogP contribution in [0.3, 0.4) is 0 Å². The molecule has 4 aliphatic rings. The van der Waals surface area contributed by atoms with Crippen LogP contribution in [0.4, 0.5) is 33.5 Å². The Morgan fingerprint density at radius 3 is 2.38 bits per heavy atom. The minimum absolute atomic E-state index is 0.00524. The number of sulfone groups is 1. The number of hydrogen-bond donors (Lipinski definition) is 1. The van der Waals surface area contributed by atoms with Crippen molar-refractivity contribution in [2.75, 3.05) is 54.4 Å². The number of nitrogens with zero attached hydrogens (tertiary/aromatic N) is 5. The van der Waals surface area contributed by atoms with E-state index in [4.69, 9.17) is 0 Å². The molecule has 2 fully saturated rings. The molecule has 2 saturated heterocycles. The largest absolute Gasteiger partial charge is 0.365 e. The fraction of sp³-hybridized carbons (Fsp3) is 0.606. The van der Waals surface area contributed by atoms with E-state index in [2.05, 4.69) is 15.3 Å². The third kappa shape index (κ3) is 7.03. The molecule has 0 spiro atoms. The fourth-order valence-electron chi connectivity index (χ4n) is 7.17. The normalized spacial score (nSPS) is 26.1. The smallest absolute Gasteiger partial charge is 0.278 e. The predicted molar refractivity (Wildman–Crippen MR) is 174 cm³/mol. The van der Waals surface area contributed by atoms with E-state index in [1.54, 1.807) is 24.8 Å². The summed E-state index contributed by atoms with van der Waals surface area (Å²) in [6, 6.07) is 4.65. The zero-order valence-electron chi connectivity index (χ0n) is 27.1.